The molecule has 0 aromatic heterocycles. The Morgan fingerprint density at radius 1 is 1.50 bits per heavy atom. The molecule has 0 heterocycles. The maximum Gasteiger partial charge on any atom is 0.319 e. The van der Waals surface area contributed by atoms with Crippen LogP contribution in [0.4, 0.5) is 14.9 Å². The van der Waals surface area contributed by atoms with E-state index in [4.69, 9.17) is 16.7 Å². The van der Waals surface area contributed by atoms with Crippen LogP contribution in [0.2, 0.25) is 5.02 Å². The Hall–Kier alpha value is -1.82. The second-order valence-corrected chi connectivity index (χ2v) is 4.11. The van der Waals surface area contributed by atoms with E-state index >= 15 is 0 Å². The van der Waals surface area contributed by atoms with Crippen molar-refractivity contribution in [1.29, 1.82) is 0 Å². The average Bonchev–Trinajstić information content (AvgIpc) is 2.30. The molecule has 1 aromatic rings. The Kier molecular flexibility index (Phi) is 4.91. The number of hydrogen-bond donors (Lipinski definition) is 3. The Morgan fingerprint density at radius 2 is 2.17 bits per heavy atom. The third-order valence-electron chi connectivity index (χ3n) is 2.17. The van der Waals surface area contributed by atoms with Gasteiger partial charge in [0.2, 0.25) is 0 Å². The molecule has 0 fully saturated rings. The topological polar surface area (TPSA) is 78.4 Å². The monoisotopic (exact) mass is 274 g/mol. The first-order chi connectivity index (χ1) is 8.40. The second-order valence-electron chi connectivity index (χ2n) is 3.70. The molecule has 1 aromatic carbocycles. The van der Waals surface area contributed by atoms with Crippen LogP contribution < -0.4 is 10.6 Å². The first kappa shape index (κ1) is 14.2. The molecule has 0 saturated carbocycles. The summed E-state index contributed by atoms with van der Waals surface area (Å²) < 4.78 is 13.1. The number of nitrogens with one attached hydrogen (secondary N) is 2. The van der Waals surface area contributed by atoms with E-state index in [9.17, 15) is 14.0 Å². The van der Waals surface area contributed by atoms with Gasteiger partial charge in [-0.25, -0.2) is 9.18 Å². The van der Waals surface area contributed by atoms with E-state index in [2.05, 4.69) is 10.6 Å². The first-order valence-electron chi connectivity index (χ1n) is 5.13. The van der Waals surface area contributed by atoms with Crippen LogP contribution in [0.25, 0.3) is 0 Å². The van der Waals surface area contributed by atoms with Gasteiger partial charge in [0.15, 0.2) is 0 Å². The summed E-state index contributed by atoms with van der Waals surface area (Å²) in [6.07, 6.45) is 0. The van der Waals surface area contributed by atoms with Gasteiger partial charge in [0.25, 0.3) is 0 Å². The summed E-state index contributed by atoms with van der Waals surface area (Å²) in [7, 11) is 0. The Morgan fingerprint density at radius 3 is 2.72 bits per heavy atom. The average molecular weight is 275 g/mol. The molecular weight excluding hydrogens is 263 g/mol. The van der Waals surface area contributed by atoms with E-state index in [1.807, 2.05) is 0 Å². The van der Waals surface area contributed by atoms with E-state index in [1.54, 1.807) is 0 Å². The van der Waals surface area contributed by atoms with Crippen LogP contribution in [0, 0.1) is 11.7 Å². The number of benzene rings is 1. The number of amides is 2. The van der Waals surface area contributed by atoms with E-state index in [0.717, 1.165) is 6.07 Å². The number of aliphatic carboxylic acids is 1. The molecule has 5 nitrogen and oxygen atoms in total. The summed E-state index contributed by atoms with van der Waals surface area (Å²) >= 11 is 5.49. The molecule has 1 atom stereocenters. The van der Waals surface area contributed by atoms with Gasteiger partial charge in [0.05, 0.1) is 10.9 Å². The zero-order chi connectivity index (χ0) is 13.7. The molecular formula is C11H12ClFN2O3. The molecule has 0 bridgehead atoms. The number of carboxylic acid groups (broad SMARTS) is 1. The molecule has 1 unspecified atom stereocenters. The second kappa shape index (κ2) is 6.20. The highest BCUT2D eigenvalue weighted by Gasteiger charge is 2.12. The maximum absolute atomic E-state index is 13.1. The Labute approximate surface area is 108 Å². The van der Waals surface area contributed by atoms with Crippen LogP contribution in [0.3, 0.4) is 0 Å². The van der Waals surface area contributed by atoms with Gasteiger partial charge in [-0.3, -0.25) is 4.79 Å². The maximum atomic E-state index is 13.1. The third kappa shape index (κ3) is 4.21. The van der Waals surface area contributed by atoms with Gasteiger partial charge in [-0.1, -0.05) is 18.5 Å². The standard InChI is InChI=1S/C11H12ClFN2O3/c1-6(10(16)17)5-14-11(18)15-7-2-3-8(12)9(13)4-7/h2-4,6H,5H2,1H3,(H,16,17)(H2,14,15,18). The van der Waals surface area contributed by atoms with Crippen molar-refractivity contribution in [2.75, 3.05) is 11.9 Å². The lowest BCUT2D eigenvalue weighted by atomic mass is 10.2. The van der Waals surface area contributed by atoms with Crippen LogP contribution >= 0.6 is 11.6 Å². The molecule has 7 heteroatoms. The molecule has 0 spiro atoms. The molecule has 0 radical (unpaired) electrons. The van der Waals surface area contributed by atoms with Crippen molar-refractivity contribution in [1.82, 2.24) is 5.32 Å². The van der Waals surface area contributed by atoms with Crippen LogP contribution in [0.1, 0.15) is 6.92 Å². The van der Waals surface area contributed by atoms with Gasteiger partial charge in [-0.05, 0) is 18.2 Å². The van der Waals surface area contributed by atoms with Crippen molar-refractivity contribution in [2.24, 2.45) is 5.92 Å². The smallest absolute Gasteiger partial charge is 0.319 e. The summed E-state index contributed by atoms with van der Waals surface area (Å²) in [5, 5.41) is 13.3. The summed E-state index contributed by atoms with van der Waals surface area (Å²) in [6, 6.07) is 3.21. The number of carboxylic acids is 1. The molecule has 3 N–H and O–H groups in total. The number of hydrogen-bond acceptors (Lipinski definition) is 2. The molecule has 0 aliphatic rings. The van der Waals surface area contributed by atoms with Gasteiger partial charge in [-0.15, -0.1) is 0 Å². The lowest BCUT2D eigenvalue weighted by Gasteiger charge is -2.10. The van der Waals surface area contributed by atoms with Crippen LogP contribution in [0.5, 0.6) is 0 Å². The number of carbonyl (C=O) groups excluding carboxylic acids is 1. The number of rotatable bonds is 4. The number of urea groups is 1. The van der Waals surface area contributed by atoms with Crippen LogP contribution in [-0.4, -0.2) is 23.7 Å². The fourth-order valence-corrected chi connectivity index (χ4v) is 1.20. The lowest BCUT2D eigenvalue weighted by molar-refractivity contribution is -0.140. The fourth-order valence-electron chi connectivity index (χ4n) is 1.08. The molecule has 1 rings (SSSR count). The van der Waals surface area contributed by atoms with E-state index in [0.29, 0.717) is 0 Å². The van der Waals surface area contributed by atoms with Crippen molar-refractivity contribution < 1.29 is 19.1 Å². The molecule has 0 aliphatic heterocycles. The third-order valence-corrected chi connectivity index (χ3v) is 2.47. The Bertz CT molecular complexity index is 468. The quantitative estimate of drug-likeness (QED) is 0.788. The summed E-state index contributed by atoms with van der Waals surface area (Å²) in [5.41, 5.74) is 0.234. The minimum atomic E-state index is -1.01. The molecule has 98 valence electrons. The van der Waals surface area contributed by atoms with Crippen LogP contribution in [-0.2, 0) is 4.79 Å². The normalized spacial score (nSPS) is 11.7. The van der Waals surface area contributed by atoms with Gasteiger partial charge in [-0.2, -0.15) is 0 Å². The van der Waals surface area contributed by atoms with Gasteiger partial charge in [0.1, 0.15) is 5.82 Å². The minimum Gasteiger partial charge on any atom is -0.481 e. The zero-order valence-electron chi connectivity index (χ0n) is 9.54. The van der Waals surface area contributed by atoms with Crippen molar-refractivity contribution >= 4 is 29.3 Å². The summed E-state index contributed by atoms with van der Waals surface area (Å²) in [5.74, 6) is -2.35. The van der Waals surface area contributed by atoms with E-state index < -0.39 is 23.7 Å². The fraction of sp³-hybridized carbons (Fsp3) is 0.273. The van der Waals surface area contributed by atoms with Gasteiger partial charge < -0.3 is 15.7 Å². The van der Waals surface area contributed by atoms with Crippen molar-refractivity contribution in [2.45, 2.75) is 6.92 Å². The highest BCUT2D eigenvalue weighted by molar-refractivity contribution is 6.30. The van der Waals surface area contributed by atoms with Crippen molar-refractivity contribution in [3.8, 4) is 0 Å². The van der Waals surface area contributed by atoms with Gasteiger partial charge >= 0.3 is 12.0 Å². The number of anilines is 1. The highest BCUT2D eigenvalue weighted by Crippen LogP contribution is 2.18. The summed E-state index contributed by atoms with van der Waals surface area (Å²) in [4.78, 5) is 21.9. The van der Waals surface area contributed by atoms with E-state index in [1.165, 1.54) is 19.1 Å². The molecule has 0 aliphatic carbocycles. The first-order valence-corrected chi connectivity index (χ1v) is 5.50. The Balaban J connectivity index is 2.49. The number of halogens is 2. The lowest BCUT2D eigenvalue weighted by Crippen LogP contribution is -2.34. The summed E-state index contributed by atoms with van der Waals surface area (Å²) in [6.45, 7) is 1.45. The molecule has 0 saturated heterocycles. The predicted molar refractivity (Wildman–Crippen MR) is 65.2 cm³/mol. The molecule has 2 amide bonds. The van der Waals surface area contributed by atoms with Crippen molar-refractivity contribution in [3.63, 3.8) is 0 Å². The van der Waals surface area contributed by atoms with Crippen molar-refractivity contribution in [3.05, 3.63) is 29.0 Å². The SMILES string of the molecule is CC(CNC(=O)Nc1ccc(Cl)c(F)c1)C(=O)O. The minimum absolute atomic E-state index is 0.0166. The number of carbonyl (C=O) groups is 2. The van der Waals surface area contributed by atoms with Gasteiger partial charge in [0, 0.05) is 12.2 Å². The largest absolute Gasteiger partial charge is 0.481 e. The van der Waals surface area contributed by atoms with Crippen LogP contribution in [0.15, 0.2) is 18.2 Å². The molecule has 18 heavy (non-hydrogen) atoms. The zero-order valence-corrected chi connectivity index (χ0v) is 10.3. The highest BCUT2D eigenvalue weighted by atomic mass is 35.5. The predicted octanol–water partition coefficient (Wildman–Crippen LogP) is 2.32. The van der Waals surface area contributed by atoms with E-state index in [-0.39, 0.29) is 17.3 Å².